The summed E-state index contributed by atoms with van der Waals surface area (Å²) in [5.74, 6) is 0.0208. The van der Waals surface area contributed by atoms with Crippen molar-refractivity contribution in [2.75, 3.05) is 18.5 Å². The van der Waals surface area contributed by atoms with Crippen molar-refractivity contribution in [1.29, 1.82) is 0 Å². The summed E-state index contributed by atoms with van der Waals surface area (Å²) >= 11 is 0. The van der Waals surface area contributed by atoms with Gasteiger partial charge in [-0.2, -0.15) is 0 Å². The third kappa shape index (κ3) is 5.75. The molecule has 0 amide bonds. The fraction of sp³-hybridized carbons (Fsp3) is 0.321. The smallest absolute Gasteiger partial charge is 0.307 e. The van der Waals surface area contributed by atoms with Gasteiger partial charge in [-0.15, -0.1) is 0 Å². The molecule has 0 spiro atoms. The Bertz CT molecular complexity index is 1170. The van der Waals surface area contributed by atoms with Crippen LogP contribution in [0, 0.1) is 11.7 Å². The lowest BCUT2D eigenvalue weighted by molar-refractivity contribution is -0.136. The highest BCUT2D eigenvalue weighted by molar-refractivity contribution is 5.72. The maximum absolute atomic E-state index is 15.3. The van der Waals surface area contributed by atoms with Crippen molar-refractivity contribution >= 4 is 11.7 Å². The second-order valence-electron chi connectivity index (χ2n) is 9.18. The van der Waals surface area contributed by atoms with Crippen LogP contribution in [-0.2, 0) is 17.8 Å². The zero-order valence-corrected chi connectivity index (χ0v) is 19.6. The number of carbonyl (C=O) groups is 1. The van der Waals surface area contributed by atoms with Gasteiger partial charge in [-0.05, 0) is 61.1 Å². The third-order valence-corrected chi connectivity index (χ3v) is 6.19. The lowest BCUT2D eigenvalue weighted by atomic mass is 9.97. The summed E-state index contributed by atoms with van der Waals surface area (Å²) in [5.41, 5.74) is 10.2. The zero-order valence-electron chi connectivity index (χ0n) is 19.6. The highest BCUT2D eigenvalue weighted by atomic mass is 19.1. The first-order valence-corrected chi connectivity index (χ1v) is 11.6. The van der Waals surface area contributed by atoms with Crippen LogP contribution >= 0.6 is 0 Å². The Morgan fingerprint density at radius 1 is 1.18 bits per heavy atom. The van der Waals surface area contributed by atoms with Gasteiger partial charge in [0.1, 0.15) is 18.2 Å². The zero-order chi connectivity index (χ0) is 24.2. The lowest BCUT2D eigenvalue weighted by Gasteiger charge is -2.22. The van der Waals surface area contributed by atoms with E-state index in [2.05, 4.69) is 18.0 Å². The van der Waals surface area contributed by atoms with E-state index in [0.717, 1.165) is 23.4 Å². The standard InChI is InChI=1S/C28H31FN2O3/c1-18(30)24-7-5-8-25(28(24)29)22-12-20(13-23(14-22)31(2)16-19-10-11-19)17-34-26-9-4-3-6-21(26)15-27(32)33/h3-9,12-14,18-19H,10-11,15-17,30H2,1-2H3,(H,32,33). The normalized spacial score (nSPS) is 14.0. The van der Waals surface area contributed by atoms with E-state index in [0.29, 0.717) is 28.4 Å². The van der Waals surface area contributed by atoms with Crippen LogP contribution in [-0.4, -0.2) is 24.7 Å². The number of hydrogen-bond acceptors (Lipinski definition) is 4. The van der Waals surface area contributed by atoms with Crippen molar-refractivity contribution in [2.45, 2.75) is 38.8 Å². The van der Waals surface area contributed by atoms with E-state index < -0.39 is 12.0 Å². The number of para-hydroxylation sites is 1. The van der Waals surface area contributed by atoms with Crippen molar-refractivity contribution < 1.29 is 19.0 Å². The van der Waals surface area contributed by atoms with Gasteiger partial charge >= 0.3 is 5.97 Å². The molecule has 0 saturated heterocycles. The number of nitrogens with zero attached hydrogens (tertiary/aromatic N) is 1. The minimum absolute atomic E-state index is 0.110. The van der Waals surface area contributed by atoms with Crippen molar-refractivity contribution in [3.05, 3.63) is 83.2 Å². The molecular formula is C28H31FN2O3. The summed E-state index contributed by atoms with van der Waals surface area (Å²) in [7, 11) is 2.05. The van der Waals surface area contributed by atoms with Crippen molar-refractivity contribution in [1.82, 2.24) is 0 Å². The van der Waals surface area contributed by atoms with Gasteiger partial charge in [0.15, 0.2) is 0 Å². The molecule has 6 heteroatoms. The number of benzene rings is 3. The van der Waals surface area contributed by atoms with Crippen molar-refractivity contribution in [3.8, 4) is 16.9 Å². The minimum atomic E-state index is -0.911. The molecule has 34 heavy (non-hydrogen) atoms. The quantitative estimate of drug-likeness (QED) is 0.412. The molecule has 4 rings (SSSR count). The fourth-order valence-corrected chi connectivity index (χ4v) is 4.17. The van der Waals surface area contributed by atoms with Gasteiger partial charge in [0, 0.05) is 42.0 Å². The summed E-state index contributed by atoms with van der Waals surface area (Å²) in [5, 5.41) is 9.20. The van der Waals surface area contributed by atoms with Crippen LogP contribution in [0.25, 0.3) is 11.1 Å². The molecule has 3 N–H and O–H groups in total. The number of hydrogen-bond donors (Lipinski definition) is 2. The summed E-state index contributed by atoms with van der Waals surface area (Å²) < 4.78 is 21.4. The molecule has 1 aliphatic rings. The number of halogens is 1. The Morgan fingerprint density at radius 2 is 1.94 bits per heavy atom. The molecule has 3 aromatic carbocycles. The fourth-order valence-electron chi connectivity index (χ4n) is 4.17. The number of ether oxygens (including phenoxy) is 1. The maximum atomic E-state index is 15.3. The van der Waals surface area contributed by atoms with Gasteiger partial charge in [0.05, 0.1) is 6.42 Å². The van der Waals surface area contributed by atoms with E-state index in [1.54, 1.807) is 37.3 Å². The second kappa shape index (κ2) is 10.3. The first-order valence-electron chi connectivity index (χ1n) is 11.6. The van der Waals surface area contributed by atoms with E-state index in [-0.39, 0.29) is 18.8 Å². The van der Waals surface area contributed by atoms with Gasteiger partial charge in [-0.3, -0.25) is 4.79 Å². The Balaban J connectivity index is 1.67. The number of nitrogens with two attached hydrogens (primary N) is 1. The van der Waals surface area contributed by atoms with Crippen LogP contribution in [0.4, 0.5) is 10.1 Å². The van der Waals surface area contributed by atoms with E-state index in [9.17, 15) is 9.90 Å². The third-order valence-electron chi connectivity index (χ3n) is 6.19. The molecule has 1 unspecified atom stereocenters. The van der Waals surface area contributed by atoms with Gasteiger partial charge in [0.2, 0.25) is 0 Å². The molecule has 0 aliphatic heterocycles. The van der Waals surface area contributed by atoms with Gasteiger partial charge in [-0.25, -0.2) is 4.39 Å². The van der Waals surface area contributed by atoms with E-state index >= 15 is 4.39 Å². The van der Waals surface area contributed by atoms with Gasteiger partial charge in [0.25, 0.3) is 0 Å². The average molecular weight is 463 g/mol. The SMILES string of the molecule is CC(N)c1cccc(-c2cc(COc3ccccc3CC(=O)O)cc(N(C)CC3CC3)c2)c1F. The van der Waals surface area contributed by atoms with E-state index in [1.165, 1.54) is 12.8 Å². The molecule has 0 heterocycles. The number of carboxylic acid groups (broad SMARTS) is 1. The molecule has 1 saturated carbocycles. The monoisotopic (exact) mass is 462 g/mol. The molecular weight excluding hydrogens is 431 g/mol. The Hall–Kier alpha value is -3.38. The second-order valence-corrected chi connectivity index (χ2v) is 9.18. The van der Waals surface area contributed by atoms with Crippen LogP contribution in [0.3, 0.4) is 0 Å². The van der Waals surface area contributed by atoms with Gasteiger partial charge < -0.3 is 20.5 Å². The average Bonchev–Trinajstić information content (AvgIpc) is 3.62. The predicted molar refractivity (Wildman–Crippen MR) is 133 cm³/mol. The van der Waals surface area contributed by atoms with Crippen LogP contribution in [0.15, 0.2) is 60.7 Å². The molecule has 0 bridgehead atoms. The van der Waals surface area contributed by atoms with Crippen LogP contribution in [0.5, 0.6) is 5.75 Å². The Labute approximate surface area is 200 Å². The molecule has 1 atom stereocenters. The van der Waals surface area contributed by atoms with Crippen LogP contribution in [0.1, 0.15) is 42.5 Å². The highest BCUT2D eigenvalue weighted by Gasteiger charge is 2.23. The summed E-state index contributed by atoms with van der Waals surface area (Å²) in [4.78, 5) is 13.4. The molecule has 1 fully saturated rings. The van der Waals surface area contributed by atoms with Crippen molar-refractivity contribution in [3.63, 3.8) is 0 Å². The molecule has 0 aromatic heterocycles. The number of carboxylic acids is 1. The lowest BCUT2D eigenvalue weighted by Crippen LogP contribution is -2.20. The number of rotatable bonds is 10. The van der Waals surface area contributed by atoms with Crippen LogP contribution in [0.2, 0.25) is 0 Å². The Morgan fingerprint density at radius 3 is 2.65 bits per heavy atom. The summed E-state index contributed by atoms with van der Waals surface area (Å²) in [6, 6.07) is 18.0. The predicted octanol–water partition coefficient (Wildman–Crippen LogP) is 5.56. The number of aliphatic carboxylic acids is 1. The van der Waals surface area contributed by atoms with Crippen molar-refractivity contribution in [2.24, 2.45) is 11.7 Å². The van der Waals surface area contributed by atoms with Gasteiger partial charge in [-0.1, -0.05) is 36.4 Å². The first-order chi connectivity index (χ1) is 16.3. The topological polar surface area (TPSA) is 75.8 Å². The maximum Gasteiger partial charge on any atom is 0.307 e. The van der Waals surface area contributed by atoms with Crippen LogP contribution < -0.4 is 15.4 Å². The highest BCUT2D eigenvalue weighted by Crippen LogP contribution is 2.34. The summed E-state index contributed by atoms with van der Waals surface area (Å²) in [6.07, 6.45) is 2.37. The Kier molecular flexibility index (Phi) is 7.17. The molecule has 178 valence electrons. The molecule has 0 radical (unpaired) electrons. The first kappa shape index (κ1) is 23.8. The van der Waals surface area contributed by atoms with E-state index in [4.69, 9.17) is 10.5 Å². The molecule has 3 aromatic rings. The van der Waals surface area contributed by atoms with E-state index in [1.807, 2.05) is 24.3 Å². The summed E-state index contributed by atoms with van der Waals surface area (Å²) in [6.45, 7) is 2.97. The molecule has 1 aliphatic carbocycles. The molecule has 5 nitrogen and oxygen atoms in total. The number of anilines is 1. The largest absolute Gasteiger partial charge is 0.489 e. The minimum Gasteiger partial charge on any atom is -0.489 e.